The maximum Gasteiger partial charge on any atom is 0.220 e. The zero-order valence-corrected chi connectivity index (χ0v) is 16.8. The van der Waals surface area contributed by atoms with Crippen molar-refractivity contribution in [3.63, 3.8) is 0 Å². The lowest BCUT2D eigenvalue weighted by atomic mass is 10.1. The Morgan fingerprint density at radius 3 is 2.36 bits per heavy atom. The molecule has 5 heteroatoms. The van der Waals surface area contributed by atoms with Crippen LogP contribution in [-0.2, 0) is 4.79 Å². The Balaban J connectivity index is 1.95. The topological polar surface area (TPSA) is 38.3 Å². The van der Waals surface area contributed by atoms with Crippen LogP contribution in [0, 0.1) is 0 Å². The first-order chi connectivity index (χ1) is 12.1. The predicted molar refractivity (Wildman–Crippen MR) is 107 cm³/mol. The van der Waals surface area contributed by atoms with Crippen LogP contribution in [0.15, 0.2) is 18.2 Å². The van der Waals surface area contributed by atoms with Gasteiger partial charge < -0.3 is 10.1 Å². The number of halogens is 2. The average Bonchev–Trinajstić information content (AvgIpc) is 2.59. The van der Waals surface area contributed by atoms with Crippen LogP contribution in [0.2, 0.25) is 10.0 Å². The summed E-state index contributed by atoms with van der Waals surface area (Å²) >= 11 is 11.9. The molecular weight excluding hydrogens is 357 g/mol. The summed E-state index contributed by atoms with van der Waals surface area (Å²) < 4.78 is 5.57. The summed E-state index contributed by atoms with van der Waals surface area (Å²) in [5, 5.41) is 4.05. The molecule has 0 spiro atoms. The van der Waals surface area contributed by atoms with Gasteiger partial charge in [-0.25, -0.2) is 0 Å². The normalized spacial score (nSPS) is 10.7. The van der Waals surface area contributed by atoms with Gasteiger partial charge >= 0.3 is 0 Å². The highest BCUT2D eigenvalue weighted by Gasteiger charge is 2.04. The molecule has 25 heavy (non-hydrogen) atoms. The highest BCUT2D eigenvalue weighted by Crippen LogP contribution is 2.27. The summed E-state index contributed by atoms with van der Waals surface area (Å²) in [6.45, 7) is 3.48. The monoisotopic (exact) mass is 387 g/mol. The van der Waals surface area contributed by atoms with E-state index in [2.05, 4.69) is 12.2 Å². The molecular formula is C20H31Cl2NO2. The predicted octanol–water partition coefficient (Wildman–Crippen LogP) is 6.41. The lowest BCUT2D eigenvalue weighted by Crippen LogP contribution is -2.24. The van der Waals surface area contributed by atoms with E-state index in [9.17, 15) is 4.79 Å². The molecule has 0 aliphatic heterocycles. The van der Waals surface area contributed by atoms with Crippen molar-refractivity contribution in [2.24, 2.45) is 0 Å². The van der Waals surface area contributed by atoms with E-state index in [-0.39, 0.29) is 5.91 Å². The van der Waals surface area contributed by atoms with Gasteiger partial charge in [0.1, 0.15) is 5.75 Å². The van der Waals surface area contributed by atoms with Gasteiger partial charge in [-0.1, -0.05) is 75.1 Å². The first kappa shape index (κ1) is 22.1. The minimum atomic E-state index is 0.0914. The second kappa shape index (κ2) is 14.3. The van der Waals surface area contributed by atoms with Gasteiger partial charge in [0, 0.05) is 18.0 Å². The minimum Gasteiger partial charge on any atom is -0.492 e. The smallest absolute Gasteiger partial charge is 0.220 e. The van der Waals surface area contributed by atoms with Gasteiger partial charge in [-0.2, -0.15) is 0 Å². The Hall–Kier alpha value is -0.930. The Bertz CT molecular complexity index is 495. The summed E-state index contributed by atoms with van der Waals surface area (Å²) in [7, 11) is 0. The molecule has 0 aliphatic carbocycles. The first-order valence-corrected chi connectivity index (χ1v) is 10.2. The van der Waals surface area contributed by atoms with Crippen molar-refractivity contribution >= 4 is 29.1 Å². The van der Waals surface area contributed by atoms with Gasteiger partial charge in [-0.3, -0.25) is 4.79 Å². The number of carbonyl (C=O) groups excluding carboxylic acids is 1. The Kier molecular flexibility index (Phi) is 12.6. The van der Waals surface area contributed by atoms with E-state index in [1.54, 1.807) is 18.2 Å². The first-order valence-electron chi connectivity index (χ1n) is 9.48. The van der Waals surface area contributed by atoms with E-state index >= 15 is 0 Å². The van der Waals surface area contributed by atoms with Crippen LogP contribution in [0.3, 0.4) is 0 Å². The van der Waals surface area contributed by atoms with Crippen molar-refractivity contribution < 1.29 is 9.53 Å². The van der Waals surface area contributed by atoms with Crippen LogP contribution in [-0.4, -0.2) is 19.1 Å². The third kappa shape index (κ3) is 11.3. The maximum absolute atomic E-state index is 11.8. The van der Waals surface area contributed by atoms with E-state index in [4.69, 9.17) is 27.9 Å². The molecule has 0 radical (unpaired) electrons. The van der Waals surface area contributed by atoms with Crippen LogP contribution >= 0.6 is 23.2 Å². The SMILES string of the molecule is CCCCCCCCCCNC(=O)CCCOc1ccc(Cl)cc1Cl. The number of hydrogen-bond donors (Lipinski definition) is 1. The van der Waals surface area contributed by atoms with Crippen LogP contribution in [0.4, 0.5) is 0 Å². The van der Waals surface area contributed by atoms with Crippen LogP contribution in [0.25, 0.3) is 0 Å². The van der Waals surface area contributed by atoms with Gasteiger partial charge in [0.05, 0.1) is 11.6 Å². The van der Waals surface area contributed by atoms with Gasteiger partial charge in [-0.15, -0.1) is 0 Å². The number of hydrogen-bond acceptors (Lipinski definition) is 2. The van der Waals surface area contributed by atoms with Crippen LogP contribution < -0.4 is 10.1 Å². The number of nitrogens with one attached hydrogen (secondary N) is 1. The molecule has 0 bridgehead atoms. The molecule has 0 heterocycles. The number of benzene rings is 1. The molecule has 0 saturated carbocycles. The molecule has 1 rings (SSSR count). The van der Waals surface area contributed by atoms with Crippen molar-refractivity contribution in [3.8, 4) is 5.75 Å². The van der Waals surface area contributed by atoms with E-state index in [0.29, 0.717) is 35.2 Å². The van der Waals surface area contributed by atoms with Crippen LogP contribution in [0.5, 0.6) is 5.75 Å². The van der Waals surface area contributed by atoms with Gasteiger partial charge in [0.25, 0.3) is 0 Å². The van der Waals surface area contributed by atoms with Crippen molar-refractivity contribution in [3.05, 3.63) is 28.2 Å². The summed E-state index contributed by atoms with van der Waals surface area (Å²) in [6.07, 6.45) is 11.3. The van der Waals surface area contributed by atoms with Crippen molar-refractivity contribution in [2.75, 3.05) is 13.2 Å². The molecule has 0 unspecified atom stereocenters. The largest absolute Gasteiger partial charge is 0.492 e. The molecule has 0 saturated heterocycles. The highest BCUT2D eigenvalue weighted by molar-refractivity contribution is 6.35. The zero-order chi connectivity index (χ0) is 18.3. The standard InChI is InChI=1S/C20H31Cl2NO2/c1-2-3-4-5-6-7-8-9-14-23-20(24)11-10-15-25-19-13-12-17(21)16-18(19)22/h12-13,16H,2-11,14-15H2,1H3,(H,23,24). The molecule has 0 aliphatic rings. The zero-order valence-electron chi connectivity index (χ0n) is 15.3. The van der Waals surface area contributed by atoms with E-state index in [0.717, 1.165) is 13.0 Å². The van der Waals surface area contributed by atoms with Crippen molar-refractivity contribution in [1.82, 2.24) is 5.32 Å². The minimum absolute atomic E-state index is 0.0914. The summed E-state index contributed by atoms with van der Waals surface area (Å²) in [5.74, 6) is 0.694. The summed E-state index contributed by atoms with van der Waals surface area (Å²) in [6, 6.07) is 5.13. The third-order valence-electron chi connectivity index (χ3n) is 4.05. The number of amides is 1. The third-order valence-corrected chi connectivity index (χ3v) is 4.58. The number of rotatable bonds is 14. The Morgan fingerprint density at radius 1 is 1.00 bits per heavy atom. The quantitative estimate of drug-likeness (QED) is 0.374. The molecule has 1 N–H and O–H groups in total. The second-order valence-electron chi connectivity index (χ2n) is 6.35. The fourth-order valence-electron chi connectivity index (χ4n) is 2.58. The lowest BCUT2D eigenvalue weighted by molar-refractivity contribution is -0.121. The molecule has 0 fully saturated rings. The van der Waals surface area contributed by atoms with E-state index in [1.165, 1.54) is 44.9 Å². The molecule has 1 aromatic carbocycles. The summed E-state index contributed by atoms with van der Waals surface area (Å²) in [4.78, 5) is 11.8. The van der Waals surface area contributed by atoms with Crippen molar-refractivity contribution in [2.45, 2.75) is 71.1 Å². The molecule has 1 aromatic rings. The number of unbranched alkanes of at least 4 members (excludes halogenated alkanes) is 7. The van der Waals surface area contributed by atoms with Gasteiger partial charge in [-0.05, 0) is 31.0 Å². The van der Waals surface area contributed by atoms with Gasteiger partial charge in [0.2, 0.25) is 5.91 Å². The fraction of sp³-hybridized carbons (Fsp3) is 0.650. The fourth-order valence-corrected chi connectivity index (χ4v) is 3.05. The summed E-state index contributed by atoms with van der Waals surface area (Å²) in [5.41, 5.74) is 0. The molecule has 142 valence electrons. The second-order valence-corrected chi connectivity index (χ2v) is 7.20. The number of carbonyl (C=O) groups is 1. The van der Waals surface area contributed by atoms with Crippen LogP contribution in [0.1, 0.15) is 71.1 Å². The highest BCUT2D eigenvalue weighted by atomic mass is 35.5. The Morgan fingerprint density at radius 2 is 1.68 bits per heavy atom. The average molecular weight is 388 g/mol. The molecule has 3 nitrogen and oxygen atoms in total. The maximum atomic E-state index is 11.8. The van der Waals surface area contributed by atoms with E-state index < -0.39 is 0 Å². The van der Waals surface area contributed by atoms with E-state index in [1.807, 2.05) is 0 Å². The number of ether oxygens (including phenoxy) is 1. The molecule has 0 aromatic heterocycles. The Labute approximate surface area is 162 Å². The lowest BCUT2D eigenvalue weighted by Gasteiger charge is -2.08. The van der Waals surface area contributed by atoms with Crippen molar-refractivity contribution in [1.29, 1.82) is 0 Å². The van der Waals surface area contributed by atoms with Gasteiger partial charge in [0.15, 0.2) is 0 Å². The molecule has 0 atom stereocenters. The molecule has 1 amide bonds.